The highest BCUT2D eigenvalue weighted by Crippen LogP contribution is 2.38. The van der Waals surface area contributed by atoms with Crippen LogP contribution in [0.1, 0.15) is 37.7 Å². The summed E-state index contributed by atoms with van der Waals surface area (Å²) in [4.78, 5) is 2.58. The Kier molecular flexibility index (Phi) is 4.52. The Hall–Kier alpha value is -0.730. The summed E-state index contributed by atoms with van der Waals surface area (Å²) < 4.78 is 0. The number of fused-ring (bicyclic) bond motifs is 1. The van der Waals surface area contributed by atoms with Crippen LogP contribution in [0.4, 0.5) is 5.69 Å². The highest BCUT2D eigenvalue weighted by Gasteiger charge is 2.31. The van der Waals surface area contributed by atoms with Crippen LogP contribution in [0.25, 0.3) is 0 Å². The van der Waals surface area contributed by atoms with Gasteiger partial charge in [-0.15, -0.1) is 0 Å². The van der Waals surface area contributed by atoms with E-state index >= 15 is 0 Å². The first kappa shape index (κ1) is 14.2. The van der Waals surface area contributed by atoms with Crippen LogP contribution in [0.2, 0.25) is 5.02 Å². The molecule has 20 heavy (non-hydrogen) atoms. The van der Waals surface area contributed by atoms with Gasteiger partial charge in [-0.1, -0.05) is 30.9 Å². The number of rotatable bonds is 3. The van der Waals surface area contributed by atoms with Gasteiger partial charge in [0.1, 0.15) is 0 Å². The maximum atomic E-state index is 6.14. The predicted octanol–water partition coefficient (Wildman–Crippen LogP) is 3.86. The molecule has 2 aliphatic rings. The lowest BCUT2D eigenvalue weighted by atomic mass is 9.75. The molecule has 1 heterocycles. The Labute approximate surface area is 127 Å². The standard InChI is InChI=1S/C17H25ClN2/c18-16-5-6-17(14(11-16)7-9-19)20-10-8-13-3-1-2-4-15(13)12-20/h5-6,11,13,15H,1-4,7-10,12,19H2. The van der Waals surface area contributed by atoms with Gasteiger partial charge in [0, 0.05) is 23.8 Å². The summed E-state index contributed by atoms with van der Waals surface area (Å²) >= 11 is 6.14. The van der Waals surface area contributed by atoms with Crippen molar-refractivity contribution in [2.45, 2.75) is 38.5 Å². The molecule has 3 heteroatoms. The van der Waals surface area contributed by atoms with Gasteiger partial charge in [-0.05, 0) is 61.4 Å². The van der Waals surface area contributed by atoms with Crippen molar-refractivity contribution in [1.29, 1.82) is 0 Å². The Bertz CT molecular complexity index is 460. The van der Waals surface area contributed by atoms with Crippen molar-refractivity contribution in [2.75, 3.05) is 24.5 Å². The minimum atomic E-state index is 0.688. The van der Waals surface area contributed by atoms with Gasteiger partial charge in [0.15, 0.2) is 0 Å². The fourth-order valence-electron chi connectivity index (χ4n) is 4.04. The highest BCUT2D eigenvalue weighted by molar-refractivity contribution is 6.30. The lowest BCUT2D eigenvalue weighted by Crippen LogP contribution is -2.42. The number of halogens is 1. The van der Waals surface area contributed by atoms with E-state index in [2.05, 4.69) is 17.0 Å². The Morgan fingerprint density at radius 2 is 1.95 bits per heavy atom. The van der Waals surface area contributed by atoms with Crippen molar-refractivity contribution in [3.05, 3.63) is 28.8 Å². The van der Waals surface area contributed by atoms with Crippen molar-refractivity contribution in [3.8, 4) is 0 Å². The van der Waals surface area contributed by atoms with Gasteiger partial charge in [-0.3, -0.25) is 0 Å². The third kappa shape index (κ3) is 2.96. The molecule has 2 unspecified atom stereocenters. The molecule has 2 atom stereocenters. The van der Waals surface area contributed by atoms with Gasteiger partial charge >= 0.3 is 0 Å². The first-order valence-corrected chi connectivity index (χ1v) is 8.39. The molecule has 1 saturated heterocycles. The van der Waals surface area contributed by atoms with Crippen LogP contribution in [0.3, 0.4) is 0 Å². The van der Waals surface area contributed by atoms with Gasteiger partial charge in [0.05, 0.1) is 0 Å². The van der Waals surface area contributed by atoms with E-state index in [1.54, 1.807) is 0 Å². The first-order chi connectivity index (χ1) is 9.78. The lowest BCUT2D eigenvalue weighted by Gasteiger charge is -2.43. The van der Waals surface area contributed by atoms with E-state index < -0.39 is 0 Å². The van der Waals surface area contributed by atoms with Crippen molar-refractivity contribution in [2.24, 2.45) is 17.6 Å². The van der Waals surface area contributed by atoms with E-state index in [0.29, 0.717) is 6.54 Å². The zero-order valence-electron chi connectivity index (χ0n) is 12.2. The van der Waals surface area contributed by atoms with Crippen LogP contribution in [-0.2, 0) is 6.42 Å². The van der Waals surface area contributed by atoms with E-state index in [-0.39, 0.29) is 0 Å². The largest absolute Gasteiger partial charge is 0.371 e. The molecule has 0 bridgehead atoms. The Morgan fingerprint density at radius 1 is 1.15 bits per heavy atom. The molecule has 110 valence electrons. The van der Waals surface area contributed by atoms with E-state index in [9.17, 15) is 0 Å². The highest BCUT2D eigenvalue weighted by atomic mass is 35.5. The van der Waals surface area contributed by atoms with Gasteiger partial charge in [0.2, 0.25) is 0 Å². The second kappa shape index (κ2) is 6.36. The second-order valence-corrected chi connectivity index (χ2v) is 6.79. The SMILES string of the molecule is NCCc1cc(Cl)ccc1N1CCC2CCCCC2C1. The maximum absolute atomic E-state index is 6.14. The van der Waals surface area contributed by atoms with Crippen molar-refractivity contribution in [1.82, 2.24) is 0 Å². The quantitative estimate of drug-likeness (QED) is 0.917. The molecular formula is C17H25ClN2. The topological polar surface area (TPSA) is 29.3 Å². The second-order valence-electron chi connectivity index (χ2n) is 6.35. The van der Waals surface area contributed by atoms with Gasteiger partial charge < -0.3 is 10.6 Å². The molecule has 0 radical (unpaired) electrons. The summed E-state index contributed by atoms with van der Waals surface area (Å²) in [5.74, 6) is 1.88. The van der Waals surface area contributed by atoms with E-state index in [1.807, 2.05) is 6.07 Å². The number of hydrogen-bond acceptors (Lipinski definition) is 2. The number of nitrogens with two attached hydrogens (primary N) is 1. The minimum Gasteiger partial charge on any atom is -0.371 e. The third-order valence-electron chi connectivity index (χ3n) is 5.09. The molecule has 1 saturated carbocycles. The minimum absolute atomic E-state index is 0.688. The number of anilines is 1. The summed E-state index contributed by atoms with van der Waals surface area (Å²) in [7, 11) is 0. The number of piperidine rings is 1. The van der Waals surface area contributed by atoms with Crippen LogP contribution in [0, 0.1) is 11.8 Å². The molecule has 2 nitrogen and oxygen atoms in total. The lowest BCUT2D eigenvalue weighted by molar-refractivity contribution is 0.202. The molecule has 2 fully saturated rings. The number of benzene rings is 1. The smallest absolute Gasteiger partial charge is 0.0410 e. The predicted molar refractivity (Wildman–Crippen MR) is 86.5 cm³/mol. The van der Waals surface area contributed by atoms with Gasteiger partial charge in [-0.2, -0.15) is 0 Å². The number of hydrogen-bond donors (Lipinski definition) is 1. The van der Waals surface area contributed by atoms with Crippen molar-refractivity contribution >= 4 is 17.3 Å². The molecule has 1 aromatic rings. The zero-order chi connectivity index (χ0) is 13.9. The fourth-order valence-corrected chi connectivity index (χ4v) is 4.23. The van der Waals surface area contributed by atoms with Crippen LogP contribution < -0.4 is 10.6 Å². The summed E-state index contributed by atoms with van der Waals surface area (Å²) in [6.45, 7) is 3.11. The number of nitrogens with zero attached hydrogens (tertiary/aromatic N) is 1. The normalized spacial score (nSPS) is 26.4. The molecule has 0 spiro atoms. The van der Waals surface area contributed by atoms with Crippen LogP contribution in [-0.4, -0.2) is 19.6 Å². The van der Waals surface area contributed by atoms with E-state index in [0.717, 1.165) is 23.3 Å². The molecule has 0 amide bonds. The zero-order valence-corrected chi connectivity index (χ0v) is 12.9. The molecule has 2 N–H and O–H groups in total. The van der Waals surface area contributed by atoms with E-state index in [4.69, 9.17) is 17.3 Å². The summed E-state index contributed by atoms with van der Waals surface area (Å²) in [6.07, 6.45) is 8.01. The maximum Gasteiger partial charge on any atom is 0.0410 e. The van der Waals surface area contributed by atoms with Crippen LogP contribution in [0.5, 0.6) is 0 Å². The van der Waals surface area contributed by atoms with Crippen molar-refractivity contribution in [3.63, 3.8) is 0 Å². The van der Waals surface area contributed by atoms with Crippen molar-refractivity contribution < 1.29 is 0 Å². The molecule has 1 aliphatic carbocycles. The molecule has 0 aromatic heterocycles. The average molecular weight is 293 g/mol. The summed E-state index contributed by atoms with van der Waals surface area (Å²) in [5, 5.41) is 0.824. The third-order valence-corrected chi connectivity index (χ3v) is 5.32. The summed E-state index contributed by atoms with van der Waals surface area (Å²) in [6, 6.07) is 6.30. The van der Waals surface area contributed by atoms with Gasteiger partial charge in [-0.25, -0.2) is 0 Å². The Morgan fingerprint density at radius 3 is 2.75 bits per heavy atom. The summed E-state index contributed by atoms with van der Waals surface area (Å²) in [5.41, 5.74) is 8.43. The molecule has 3 rings (SSSR count). The molecule has 1 aliphatic heterocycles. The molecular weight excluding hydrogens is 268 g/mol. The average Bonchev–Trinajstić information content (AvgIpc) is 2.47. The molecule has 1 aromatic carbocycles. The van der Waals surface area contributed by atoms with E-state index in [1.165, 1.54) is 56.4 Å². The van der Waals surface area contributed by atoms with Crippen LogP contribution >= 0.6 is 11.6 Å². The first-order valence-electron chi connectivity index (χ1n) is 8.01. The fraction of sp³-hybridized carbons (Fsp3) is 0.647. The van der Waals surface area contributed by atoms with Crippen LogP contribution in [0.15, 0.2) is 18.2 Å². The monoisotopic (exact) mass is 292 g/mol. The Balaban J connectivity index is 1.78. The van der Waals surface area contributed by atoms with Gasteiger partial charge in [0.25, 0.3) is 0 Å².